The number of nitrogens with one attached hydrogen (secondary N) is 1. The van der Waals surface area contributed by atoms with Gasteiger partial charge < -0.3 is 19.2 Å². The van der Waals surface area contributed by atoms with E-state index in [2.05, 4.69) is 15.0 Å². The lowest BCUT2D eigenvalue weighted by molar-refractivity contribution is -0.384. The molecule has 0 aliphatic heterocycles. The Bertz CT molecular complexity index is 1470. The van der Waals surface area contributed by atoms with Gasteiger partial charge in [-0.05, 0) is 24.3 Å². The first-order chi connectivity index (χ1) is 17.6. The zero-order valence-corrected chi connectivity index (χ0v) is 18.1. The van der Waals surface area contributed by atoms with Gasteiger partial charge in [0.2, 0.25) is 29.1 Å². The molecule has 9 nitrogen and oxygen atoms in total. The van der Waals surface area contributed by atoms with Crippen molar-refractivity contribution in [2.24, 2.45) is 0 Å². The van der Waals surface area contributed by atoms with Crippen molar-refractivity contribution in [1.29, 1.82) is 0 Å². The molecule has 2 aromatic heterocycles. The third kappa shape index (κ3) is 5.47. The second kappa shape index (κ2) is 10.3. The van der Waals surface area contributed by atoms with E-state index >= 15 is 0 Å². The van der Waals surface area contributed by atoms with E-state index in [4.69, 9.17) is 9.15 Å². The summed E-state index contributed by atoms with van der Waals surface area (Å²) in [6.07, 6.45) is 2.87. The number of non-ortho nitro benzene ring substituents is 1. The highest BCUT2D eigenvalue weighted by Gasteiger charge is 2.27. The maximum Gasteiger partial charge on any atom is 0.291 e. The lowest BCUT2D eigenvalue weighted by Crippen LogP contribution is -2.11. The van der Waals surface area contributed by atoms with Gasteiger partial charge in [-0.15, -0.1) is 0 Å². The van der Waals surface area contributed by atoms with Crippen molar-refractivity contribution >= 4 is 17.3 Å². The molecule has 1 amide bonds. The summed E-state index contributed by atoms with van der Waals surface area (Å²) in [5, 5.41) is 13.7. The van der Waals surface area contributed by atoms with Gasteiger partial charge >= 0.3 is 0 Å². The number of nitro groups is 1. The van der Waals surface area contributed by atoms with Crippen molar-refractivity contribution in [2.45, 2.75) is 6.61 Å². The van der Waals surface area contributed by atoms with E-state index in [-0.39, 0.29) is 28.7 Å². The molecule has 2 aromatic carbocycles. The highest BCUT2D eigenvalue weighted by atomic mass is 19.2. The predicted molar refractivity (Wildman–Crippen MR) is 115 cm³/mol. The lowest BCUT2D eigenvalue weighted by atomic mass is 10.2. The summed E-state index contributed by atoms with van der Waals surface area (Å²) in [7, 11) is 0. The van der Waals surface area contributed by atoms with Crippen molar-refractivity contribution in [3.8, 4) is 17.2 Å². The number of amides is 1. The SMILES string of the molecule is O=C(Nc1cc(Oc2cccnc2)cc([N+](=O)[O-])c1)c1ccc(COc2c(F)c(F)c(F)c(F)c2F)o1. The van der Waals surface area contributed by atoms with Crippen molar-refractivity contribution in [1.82, 2.24) is 4.98 Å². The Morgan fingerprint density at radius 1 is 0.973 bits per heavy atom. The number of aromatic nitrogens is 1. The first-order valence-corrected chi connectivity index (χ1v) is 10.1. The largest absolute Gasteiger partial charge is 0.479 e. The first-order valence-electron chi connectivity index (χ1n) is 10.1. The number of anilines is 1. The van der Waals surface area contributed by atoms with Gasteiger partial charge in [0.05, 0.1) is 22.9 Å². The molecule has 0 aliphatic carbocycles. The van der Waals surface area contributed by atoms with Crippen molar-refractivity contribution in [3.05, 3.63) is 106 Å². The van der Waals surface area contributed by atoms with Crippen LogP contribution < -0.4 is 14.8 Å². The third-order valence-corrected chi connectivity index (χ3v) is 4.64. The maximum absolute atomic E-state index is 13.7. The van der Waals surface area contributed by atoms with E-state index < -0.39 is 58.0 Å². The molecule has 0 saturated carbocycles. The molecule has 14 heteroatoms. The van der Waals surface area contributed by atoms with E-state index in [0.717, 1.165) is 24.3 Å². The maximum atomic E-state index is 13.7. The second-order valence-electron chi connectivity index (χ2n) is 7.17. The zero-order chi connectivity index (χ0) is 26.7. The minimum Gasteiger partial charge on any atom is -0.479 e. The topological polar surface area (TPSA) is 117 Å². The highest BCUT2D eigenvalue weighted by molar-refractivity contribution is 6.02. The molecule has 0 aliphatic rings. The quantitative estimate of drug-likeness (QED) is 0.101. The van der Waals surface area contributed by atoms with Gasteiger partial charge in [-0.3, -0.25) is 19.9 Å². The van der Waals surface area contributed by atoms with Crippen LogP contribution in [0.1, 0.15) is 16.3 Å². The van der Waals surface area contributed by atoms with E-state index in [1.54, 1.807) is 12.1 Å². The van der Waals surface area contributed by atoms with Crippen LogP contribution in [0.15, 0.2) is 59.3 Å². The van der Waals surface area contributed by atoms with E-state index in [1.165, 1.54) is 18.5 Å². The number of halogens is 5. The fraction of sp³-hybridized carbons (Fsp3) is 0.0435. The molecule has 0 fully saturated rings. The summed E-state index contributed by atoms with van der Waals surface area (Å²) in [6, 6.07) is 8.92. The molecule has 190 valence electrons. The molecule has 0 unspecified atom stereocenters. The van der Waals surface area contributed by atoms with E-state index in [0.29, 0.717) is 0 Å². The number of hydrogen-bond acceptors (Lipinski definition) is 7. The van der Waals surface area contributed by atoms with E-state index in [1.807, 2.05) is 0 Å². The van der Waals surface area contributed by atoms with Crippen LogP contribution in [0.5, 0.6) is 17.2 Å². The summed E-state index contributed by atoms with van der Waals surface area (Å²) >= 11 is 0. The molecular weight excluding hydrogens is 509 g/mol. The smallest absolute Gasteiger partial charge is 0.291 e. The van der Waals surface area contributed by atoms with Crippen LogP contribution in [0.4, 0.5) is 33.3 Å². The van der Waals surface area contributed by atoms with Gasteiger partial charge in [0.1, 0.15) is 23.9 Å². The third-order valence-electron chi connectivity index (χ3n) is 4.64. The number of ether oxygens (including phenoxy) is 2. The molecule has 0 saturated heterocycles. The highest BCUT2D eigenvalue weighted by Crippen LogP contribution is 2.31. The molecule has 0 bridgehead atoms. The number of rotatable bonds is 8. The van der Waals surface area contributed by atoms with Gasteiger partial charge in [-0.1, -0.05) is 0 Å². The van der Waals surface area contributed by atoms with Crippen LogP contribution in [-0.2, 0) is 6.61 Å². The van der Waals surface area contributed by atoms with Crippen LogP contribution in [0, 0.1) is 39.2 Å². The van der Waals surface area contributed by atoms with Crippen LogP contribution in [0.2, 0.25) is 0 Å². The molecular formula is C23H12F5N3O6. The molecule has 1 N–H and O–H groups in total. The monoisotopic (exact) mass is 521 g/mol. The fourth-order valence-corrected chi connectivity index (χ4v) is 2.99. The summed E-state index contributed by atoms with van der Waals surface area (Å²) in [4.78, 5) is 27.0. The van der Waals surface area contributed by atoms with Gasteiger partial charge in [0.15, 0.2) is 11.5 Å². The summed E-state index contributed by atoms with van der Waals surface area (Å²) in [6.45, 7) is -0.786. The minimum atomic E-state index is -2.34. The Balaban J connectivity index is 1.48. The van der Waals surface area contributed by atoms with Gasteiger partial charge in [-0.2, -0.15) is 8.78 Å². The number of carbonyl (C=O) groups is 1. The lowest BCUT2D eigenvalue weighted by Gasteiger charge is -2.09. The predicted octanol–water partition coefficient (Wildman–Crippen LogP) is 5.90. The number of carbonyl (C=O) groups excluding carboxylic acids is 1. The Kier molecular flexibility index (Phi) is 6.99. The molecule has 4 aromatic rings. The molecule has 37 heavy (non-hydrogen) atoms. The average molecular weight is 521 g/mol. The molecule has 0 spiro atoms. The first kappa shape index (κ1) is 25.1. The summed E-state index contributed by atoms with van der Waals surface area (Å²) < 4.78 is 82.6. The second-order valence-corrected chi connectivity index (χ2v) is 7.17. The number of nitrogens with zero attached hydrogens (tertiary/aromatic N) is 2. The van der Waals surface area contributed by atoms with E-state index in [9.17, 15) is 36.9 Å². The number of benzene rings is 2. The van der Waals surface area contributed by atoms with Crippen LogP contribution >= 0.6 is 0 Å². The Morgan fingerprint density at radius 2 is 1.68 bits per heavy atom. The summed E-state index contributed by atoms with van der Waals surface area (Å²) in [5.41, 5.74) is -0.429. The molecule has 2 heterocycles. The normalized spacial score (nSPS) is 10.7. The fourth-order valence-electron chi connectivity index (χ4n) is 2.99. The molecule has 0 atom stereocenters. The number of furan rings is 1. The molecule has 4 rings (SSSR count). The Labute approximate surface area is 203 Å². The number of pyridine rings is 1. The van der Waals surface area contributed by atoms with Crippen molar-refractivity contribution < 1.29 is 45.6 Å². The Hall–Kier alpha value is -5.01. The Morgan fingerprint density at radius 3 is 2.32 bits per heavy atom. The van der Waals surface area contributed by atoms with Crippen molar-refractivity contribution in [3.63, 3.8) is 0 Å². The van der Waals surface area contributed by atoms with Crippen LogP contribution in [0.3, 0.4) is 0 Å². The molecule has 0 radical (unpaired) electrons. The van der Waals surface area contributed by atoms with Crippen molar-refractivity contribution in [2.75, 3.05) is 5.32 Å². The van der Waals surface area contributed by atoms with Crippen LogP contribution in [0.25, 0.3) is 0 Å². The van der Waals surface area contributed by atoms with Crippen LogP contribution in [-0.4, -0.2) is 15.8 Å². The average Bonchev–Trinajstić information content (AvgIpc) is 3.36. The summed E-state index contributed by atoms with van der Waals surface area (Å²) in [5.74, 6) is -13.7. The minimum absolute atomic E-state index is 0.0221. The number of hydrogen-bond donors (Lipinski definition) is 1. The van der Waals surface area contributed by atoms with Gasteiger partial charge in [-0.25, -0.2) is 13.2 Å². The zero-order valence-electron chi connectivity index (χ0n) is 18.1. The standard InChI is InChI=1S/C23H12F5N3O6/c24-17-18(25)20(27)22(21(28)19(17)26)35-10-14-3-4-16(37-14)23(32)30-11-6-12(31(33)34)8-15(7-11)36-13-2-1-5-29-9-13/h1-9H,10H2,(H,30,32). The number of nitro benzene ring substituents is 1. The van der Waals surface area contributed by atoms with Gasteiger partial charge in [0, 0.05) is 18.3 Å². The van der Waals surface area contributed by atoms with Gasteiger partial charge in [0.25, 0.3) is 11.6 Å².